The van der Waals surface area contributed by atoms with Crippen molar-refractivity contribution < 1.29 is 4.74 Å². The fourth-order valence-corrected chi connectivity index (χ4v) is 2.85. The van der Waals surface area contributed by atoms with Gasteiger partial charge in [0.1, 0.15) is 5.75 Å². The van der Waals surface area contributed by atoms with E-state index in [9.17, 15) is 0 Å². The zero-order valence-corrected chi connectivity index (χ0v) is 11.4. The number of rotatable bonds is 5. The first kappa shape index (κ1) is 13.4. The maximum absolute atomic E-state index is 5.82. The van der Waals surface area contributed by atoms with Gasteiger partial charge in [0.25, 0.3) is 0 Å². The molecule has 1 fully saturated rings. The van der Waals surface area contributed by atoms with Crippen molar-refractivity contribution in [3.8, 4) is 5.75 Å². The van der Waals surface area contributed by atoms with Crippen molar-refractivity contribution in [2.45, 2.75) is 38.3 Å². The molecule has 0 heterocycles. The summed E-state index contributed by atoms with van der Waals surface area (Å²) in [5, 5.41) is 3.71. The second-order valence-electron chi connectivity index (χ2n) is 5.19. The van der Waals surface area contributed by atoms with Gasteiger partial charge in [-0.05, 0) is 49.9 Å². The van der Waals surface area contributed by atoms with Gasteiger partial charge in [-0.3, -0.25) is 0 Å². The van der Waals surface area contributed by atoms with E-state index in [-0.39, 0.29) is 0 Å². The molecule has 0 spiro atoms. The topological polar surface area (TPSA) is 47.3 Å². The van der Waals surface area contributed by atoms with Crippen LogP contribution in [0.2, 0.25) is 0 Å². The minimum Gasteiger partial charge on any atom is -0.497 e. The summed E-state index contributed by atoms with van der Waals surface area (Å²) in [4.78, 5) is 0. The van der Waals surface area contributed by atoms with Gasteiger partial charge in [0.2, 0.25) is 0 Å². The van der Waals surface area contributed by atoms with Crippen molar-refractivity contribution in [1.82, 2.24) is 5.32 Å². The predicted octanol–water partition coefficient (Wildman–Crippen LogP) is 2.47. The molecule has 0 amide bonds. The maximum Gasteiger partial charge on any atom is 0.118 e. The third-order valence-electron chi connectivity index (χ3n) is 4.04. The van der Waals surface area contributed by atoms with Gasteiger partial charge in [0.15, 0.2) is 0 Å². The third-order valence-corrected chi connectivity index (χ3v) is 4.04. The third kappa shape index (κ3) is 3.03. The molecule has 1 saturated carbocycles. The SMILES string of the molecule is COc1ccc(C(C)NC2CCCC2CN)cc1. The van der Waals surface area contributed by atoms with E-state index in [1.54, 1.807) is 7.11 Å². The van der Waals surface area contributed by atoms with E-state index in [1.807, 2.05) is 12.1 Å². The van der Waals surface area contributed by atoms with Gasteiger partial charge in [0.05, 0.1) is 7.11 Å². The fraction of sp³-hybridized carbons (Fsp3) is 0.600. The molecule has 3 N–H and O–H groups in total. The van der Waals surface area contributed by atoms with Gasteiger partial charge in [-0.25, -0.2) is 0 Å². The van der Waals surface area contributed by atoms with Gasteiger partial charge in [-0.1, -0.05) is 18.6 Å². The molecule has 3 unspecified atom stereocenters. The van der Waals surface area contributed by atoms with Crippen molar-refractivity contribution in [1.29, 1.82) is 0 Å². The van der Waals surface area contributed by atoms with Crippen LogP contribution in [-0.2, 0) is 0 Å². The number of benzene rings is 1. The summed E-state index contributed by atoms with van der Waals surface area (Å²) in [6.45, 7) is 3.01. The van der Waals surface area contributed by atoms with Crippen molar-refractivity contribution in [2.24, 2.45) is 11.7 Å². The zero-order valence-electron chi connectivity index (χ0n) is 11.4. The Balaban J connectivity index is 1.95. The number of nitrogens with two attached hydrogens (primary N) is 1. The summed E-state index contributed by atoms with van der Waals surface area (Å²) in [6.07, 6.45) is 3.82. The monoisotopic (exact) mass is 248 g/mol. The first-order valence-electron chi connectivity index (χ1n) is 6.84. The van der Waals surface area contributed by atoms with Crippen molar-refractivity contribution >= 4 is 0 Å². The normalized spacial score (nSPS) is 25.1. The number of methoxy groups -OCH3 is 1. The Kier molecular flexibility index (Phi) is 4.61. The van der Waals surface area contributed by atoms with Crippen LogP contribution < -0.4 is 15.8 Å². The molecule has 0 bridgehead atoms. The second-order valence-corrected chi connectivity index (χ2v) is 5.19. The summed E-state index contributed by atoms with van der Waals surface area (Å²) in [6, 6.07) is 9.23. The molecule has 1 aromatic rings. The zero-order chi connectivity index (χ0) is 13.0. The first-order valence-corrected chi connectivity index (χ1v) is 6.84. The average molecular weight is 248 g/mol. The predicted molar refractivity (Wildman–Crippen MR) is 74.7 cm³/mol. The van der Waals surface area contributed by atoms with E-state index in [0.717, 1.165) is 12.3 Å². The van der Waals surface area contributed by atoms with Gasteiger partial charge in [-0.15, -0.1) is 0 Å². The standard InChI is InChI=1S/C15H24N2O/c1-11(12-6-8-14(18-2)9-7-12)17-15-5-3-4-13(15)10-16/h6-9,11,13,15,17H,3-5,10,16H2,1-2H3. The number of hydrogen-bond donors (Lipinski definition) is 2. The Hall–Kier alpha value is -1.06. The van der Waals surface area contributed by atoms with Crippen molar-refractivity contribution in [2.75, 3.05) is 13.7 Å². The molecule has 1 aromatic carbocycles. The Morgan fingerprint density at radius 1 is 1.33 bits per heavy atom. The highest BCUT2D eigenvalue weighted by molar-refractivity contribution is 5.28. The Morgan fingerprint density at radius 2 is 2.06 bits per heavy atom. The number of nitrogens with one attached hydrogen (secondary N) is 1. The molecule has 3 atom stereocenters. The molecule has 3 nitrogen and oxygen atoms in total. The smallest absolute Gasteiger partial charge is 0.118 e. The molecule has 0 aliphatic heterocycles. The van der Waals surface area contributed by atoms with Crippen LogP contribution in [0.5, 0.6) is 5.75 Å². The largest absolute Gasteiger partial charge is 0.497 e. The summed E-state index contributed by atoms with van der Waals surface area (Å²) >= 11 is 0. The van der Waals surface area contributed by atoms with E-state index in [0.29, 0.717) is 18.0 Å². The molecule has 2 rings (SSSR count). The van der Waals surface area contributed by atoms with Gasteiger partial charge < -0.3 is 15.8 Å². The quantitative estimate of drug-likeness (QED) is 0.841. The van der Waals surface area contributed by atoms with Crippen molar-refractivity contribution in [3.63, 3.8) is 0 Å². The van der Waals surface area contributed by atoms with Crippen LogP contribution in [-0.4, -0.2) is 19.7 Å². The summed E-state index contributed by atoms with van der Waals surface area (Å²) in [5.41, 5.74) is 7.12. The fourth-order valence-electron chi connectivity index (χ4n) is 2.85. The van der Waals surface area contributed by atoms with Crippen LogP contribution in [0.3, 0.4) is 0 Å². The molecule has 1 aliphatic rings. The van der Waals surface area contributed by atoms with E-state index in [1.165, 1.54) is 24.8 Å². The molecule has 18 heavy (non-hydrogen) atoms. The van der Waals surface area contributed by atoms with Crippen molar-refractivity contribution in [3.05, 3.63) is 29.8 Å². The lowest BCUT2D eigenvalue weighted by atomic mass is 10.0. The van der Waals surface area contributed by atoms with E-state index < -0.39 is 0 Å². The minimum atomic E-state index is 0.369. The lowest BCUT2D eigenvalue weighted by molar-refractivity contribution is 0.373. The van der Waals surface area contributed by atoms with E-state index in [4.69, 9.17) is 10.5 Å². The highest BCUT2D eigenvalue weighted by Gasteiger charge is 2.27. The van der Waals surface area contributed by atoms with E-state index in [2.05, 4.69) is 24.4 Å². The highest BCUT2D eigenvalue weighted by atomic mass is 16.5. The summed E-state index contributed by atoms with van der Waals surface area (Å²) in [5.74, 6) is 1.55. The molecule has 0 saturated heterocycles. The second kappa shape index (κ2) is 6.21. The highest BCUT2D eigenvalue weighted by Crippen LogP contribution is 2.27. The Labute approximate surface area is 110 Å². The molecule has 0 radical (unpaired) electrons. The molecule has 3 heteroatoms. The molecule has 1 aliphatic carbocycles. The average Bonchev–Trinajstić information content (AvgIpc) is 2.86. The molecular formula is C15H24N2O. The first-order chi connectivity index (χ1) is 8.74. The number of hydrogen-bond acceptors (Lipinski definition) is 3. The van der Waals surface area contributed by atoms with Gasteiger partial charge in [0, 0.05) is 12.1 Å². The summed E-state index contributed by atoms with van der Waals surface area (Å²) < 4.78 is 5.18. The lowest BCUT2D eigenvalue weighted by Gasteiger charge is -2.24. The Morgan fingerprint density at radius 3 is 2.67 bits per heavy atom. The van der Waals surface area contributed by atoms with Crippen LogP contribution in [0.4, 0.5) is 0 Å². The number of ether oxygens (including phenoxy) is 1. The van der Waals surface area contributed by atoms with Crippen LogP contribution in [0.1, 0.15) is 37.8 Å². The van der Waals surface area contributed by atoms with Crippen LogP contribution in [0.15, 0.2) is 24.3 Å². The maximum atomic E-state index is 5.82. The van der Waals surface area contributed by atoms with Crippen LogP contribution in [0.25, 0.3) is 0 Å². The van der Waals surface area contributed by atoms with Gasteiger partial charge >= 0.3 is 0 Å². The van der Waals surface area contributed by atoms with Crippen LogP contribution >= 0.6 is 0 Å². The molecule has 100 valence electrons. The van der Waals surface area contributed by atoms with E-state index >= 15 is 0 Å². The summed E-state index contributed by atoms with van der Waals surface area (Å²) in [7, 11) is 1.70. The lowest BCUT2D eigenvalue weighted by Crippen LogP contribution is -2.37. The van der Waals surface area contributed by atoms with Gasteiger partial charge in [-0.2, -0.15) is 0 Å². The van der Waals surface area contributed by atoms with Crippen LogP contribution in [0, 0.1) is 5.92 Å². The minimum absolute atomic E-state index is 0.369. The Bertz CT molecular complexity index is 363. The molecule has 0 aromatic heterocycles. The molecular weight excluding hydrogens is 224 g/mol.